The lowest BCUT2D eigenvalue weighted by Gasteiger charge is -2.16. The lowest BCUT2D eigenvalue weighted by Crippen LogP contribution is -2.29. The molecule has 1 aromatic carbocycles. The smallest absolute Gasteiger partial charge is 0.204 e. The molecule has 0 aromatic heterocycles. The van der Waals surface area contributed by atoms with E-state index in [2.05, 4.69) is 0 Å². The Balaban J connectivity index is 2.95. The predicted octanol–water partition coefficient (Wildman–Crippen LogP) is 2.73. The molecular weight excluding hydrogens is 228 g/mol. The number of ether oxygens (including phenoxy) is 1. The van der Waals surface area contributed by atoms with Crippen molar-refractivity contribution in [1.29, 1.82) is 0 Å². The average Bonchev–Trinajstić information content (AvgIpc) is 2.27. The summed E-state index contributed by atoms with van der Waals surface area (Å²) in [4.78, 5) is 23.8. The van der Waals surface area contributed by atoms with Gasteiger partial charge in [0.15, 0.2) is 0 Å². The monoisotopic (exact) mass is 248 g/mol. The highest BCUT2D eigenvalue weighted by molar-refractivity contribution is 6.39. The highest BCUT2D eigenvalue weighted by Crippen LogP contribution is 2.22. The number of benzene rings is 1. The summed E-state index contributed by atoms with van der Waals surface area (Å²) in [5.74, 6) is -0.0619. The van der Waals surface area contributed by atoms with E-state index in [0.717, 1.165) is 11.1 Å². The number of Topliss-reactive ketones (excluding diaryl/α,β-unsaturated/α-hetero) is 2. The third-order valence-corrected chi connectivity index (χ3v) is 2.72. The van der Waals surface area contributed by atoms with E-state index in [9.17, 15) is 9.59 Å². The third-order valence-electron chi connectivity index (χ3n) is 2.72. The zero-order chi connectivity index (χ0) is 13.9. The minimum Gasteiger partial charge on any atom is -0.496 e. The van der Waals surface area contributed by atoms with Gasteiger partial charge in [0.1, 0.15) is 5.75 Å². The molecule has 0 saturated heterocycles. The average molecular weight is 248 g/mol. The van der Waals surface area contributed by atoms with Crippen LogP contribution in [-0.2, 0) is 16.0 Å². The van der Waals surface area contributed by atoms with Crippen LogP contribution in [0.2, 0.25) is 0 Å². The van der Waals surface area contributed by atoms with E-state index in [1.165, 1.54) is 0 Å². The maximum Gasteiger partial charge on any atom is 0.204 e. The van der Waals surface area contributed by atoms with Crippen LogP contribution in [0.25, 0.3) is 0 Å². The van der Waals surface area contributed by atoms with Gasteiger partial charge < -0.3 is 4.74 Å². The van der Waals surface area contributed by atoms with E-state index in [1.807, 2.05) is 25.1 Å². The molecule has 0 aliphatic carbocycles. The van der Waals surface area contributed by atoms with Crippen molar-refractivity contribution >= 4 is 11.6 Å². The second-order valence-corrected chi connectivity index (χ2v) is 5.49. The lowest BCUT2D eigenvalue weighted by atomic mass is 9.86. The molecule has 3 heteroatoms. The highest BCUT2D eigenvalue weighted by Gasteiger charge is 2.28. The number of methoxy groups -OCH3 is 1. The normalized spacial score (nSPS) is 11.2. The largest absolute Gasteiger partial charge is 0.496 e. The van der Waals surface area contributed by atoms with Gasteiger partial charge >= 0.3 is 0 Å². The number of hydrogen-bond donors (Lipinski definition) is 0. The molecular formula is C15H20O3. The minimum atomic E-state index is -0.631. The molecule has 0 unspecified atom stereocenters. The van der Waals surface area contributed by atoms with Gasteiger partial charge in [-0.05, 0) is 13.0 Å². The van der Waals surface area contributed by atoms with Crippen LogP contribution in [0.4, 0.5) is 0 Å². The SMILES string of the molecule is COc1ccc(C)cc1CC(=O)C(=O)C(C)(C)C. The topological polar surface area (TPSA) is 43.4 Å². The lowest BCUT2D eigenvalue weighted by molar-refractivity contribution is -0.140. The first-order valence-electron chi connectivity index (χ1n) is 5.97. The Morgan fingerprint density at radius 2 is 1.83 bits per heavy atom. The van der Waals surface area contributed by atoms with Gasteiger partial charge in [0, 0.05) is 17.4 Å². The van der Waals surface area contributed by atoms with Gasteiger partial charge in [0.05, 0.1) is 7.11 Å². The third kappa shape index (κ3) is 3.42. The summed E-state index contributed by atoms with van der Waals surface area (Å²) in [5.41, 5.74) is 1.18. The van der Waals surface area contributed by atoms with Crippen LogP contribution >= 0.6 is 0 Å². The van der Waals surface area contributed by atoms with Crippen molar-refractivity contribution in [2.45, 2.75) is 34.1 Å². The first-order chi connectivity index (χ1) is 8.25. The van der Waals surface area contributed by atoms with Crippen molar-refractivity contribution in [2.75, 3.05) is 7.11 Å². The van der Waals surface area contributed by atoms with E-state index < -0.39 is 5.41 Å². The van der Waals surface area contributed by atoms with Gasteiger partial charge in [0.2, 0.25) is 11.6 Å². The number of carbonyl (C=O) groups is 2. The zero-order valence-corrected chi connectivity index (χ0v) is 11.7. The molecule has 0 radical (unpaired) electrons. The van der Waals surface area contributed by atoms with E-state index >= 15 is 0 Å². The molecule has 0 bridgehead atoms. The van der Waals surface area contributed by atoms with Crippen molar-refractivity contribution in [2.24, 2.45) is 5.41 Å². The minimum absolute atomic E-state index is 0.0982. The summed E-state index contributed by atoms with van der Waals surface area (Å²) in [7, 11) is 1.56. The van der Waals surface area contributed by atoms with Crippen molar-refractivity contribution in [3.63, 3.8) is 0 Å². The molecule has 0 heterocycles. The van der Waals surface area contributed by atoms with Crippen LogP contribution in [0.15, 0.2) is 18.2 Å². The first kappa shape index (κ1) is 14.4. The number of ketones is 2. The van der Waals surface area contributed by atoms with Gasteiger partial charge in [-0.1, -0.05) is 38.5 Å². The summed E-state index contributed by atoms with van der Waals surface area (Å²) in [6.07, 6.45) is 0.0982. The zero-order valence-electron chi connectivity index (χ0n) is 11.7. The predicted molar refractivity (Wildman–Crippen MR) is 70.9 cm³/mol. The molecule has 0 atom stereocenters. The quantitative estimate of drug-likeness (QED) is 0.769. The molecule has 0 spiro atoms. The van der Waals surface area contributed by atoms with Crippen LogP contribution in [0, 0.1) is 12.3 Å². The Hall–Kier alpha value is -1.64. The fourth-order valence-electron chi connectivity index (χ4n) is 1.72. The Bertz CT molecular complexity index is 467. The molecule has 1 aromatic rings. The Kier molecular flexibility index (Phi) is 4.28. The fraction of sp³-hybridized carbons (Fsp3) is 0.467. The van der Waals surface area contributed by atoms with Crippen molar-refractivity contribution in [3.8, 4) is 5.75 Å². The van der Waals surface area contributed by atoms with Gasteiger partial charge in [-0.25, -0.2) is 0 Å². The summed E-state index contributed by atoms with van der Waals surface area (Å²) in [5, 5.41) is 0. The van der Waals surface area contributed by atoms with Crippen molar-refractivity contribution < 1.29 is 14.3 Å². The molecule has 18 heavy (non-hydrogen) atoms. The summed E-state index contributed by atoms with van der Waals surface area (Å²) in [6.45, 7) is 7.20. The highest BCUT2D eigenvalue weighted by atomic mass is 16.5. The molecule has 0 amide bonds. The number of carbonyl (C=O) groups excluding carboxylic acids is 2. The molecule has 0 fully saturated rings. The van der Waals surface area contributed by atoms with Crippen LogP contribution in [0.1, 0.15) is 31.9 Å². The van der Waals surface area contributed by atoms with Crippen LogP contribution in [0.5, 0.6) is 5.75 Å². The van der Waals surface area contributed by atoms with Crippen molar-refractivity contribution in [3.05, 3.63) is 29.3 Å². The molecule has 3 nitrogen and oxygen atoms in total. The van der Waals surface area contributed by atoms with Crippen molar-refractivity contribution in [1.82, 2.24) is 0 Å². The van der Waals surface area contributed by atoms with E-state index in [1.54, 1.807) is 27.9 Å². The number of aryl methyl sites for hydroxylation is 1. The van der Waals surface area contributed by atoms with Crippen LogP contribution < -0.4 is 4.74 Å². The fourth-order valence-corrected chi connectivity index (χ4v) is 1.72. The standard InChI is InChI=1S/C15H20O3/c1-10-6-7-13(18-5)11(8-10)9-12(16)14(17)15(2,3)4/h6-8H,9H2,1-5H3. The van der Waals surface area contributed by atoms with Gasteiger partial charge in [0.25, 0.3) is 0 Å². The second kappa shape index (κ2) is 5.34. The Morgan fingerprint density at radius 3 is 2.33 bits per heavy atom. The van der Waals surface area contributed by atoms with Gasteiger partial charge in [-0.15, -0.1) is 0 Å². The maximum absolute atomic E-state index is 11.9. The summed E-state index contributed by atoms with van der Waals surface area (Å²) in [6, 6.07) is 5.62. The first-order valence-corrected chi connectivity index (χ1v) is 5.97. The molecule has 0 saturated carbocycles. The maximum atomic E-state index is 11.9. The Labute approximate surface area is 108 Å². The van der Waals surface area contributed by atoms with Crippen LogP contribution in [-0.4, -0.2) is 18.7 Å². The Morgan fingerprint density at radius 1 is 1.22 bits per heavy atom. The summed E-state index contributed by atoms with van der Waals surface area (Å²) >= 11 is 0. The molecule has 98 valence electrons. The van der Waals surface area contributed by atoms with E-state index in [0.29, 0.717) is 5.75 Å². The van der Waals surface area contributed by atoms with E-state index in [4.69, 9.17) is 4.74 Å². The summed E-state index contributed by atoms with van der Waals surface area (Å²) < 4.78 is 5.20. The van der Waals surface area contributed by atoms with Gasteiger partial charge in [-0.3, -0.25) is 9.59 Å². The molecule has 0 aliphatic rings. The van der Waals surface area contributed by atoms with Crippen LogP contribution in [0.3, 0.4) is 0 Å². The molecule has 1 rings (SSSR count). The number of rotatable bonds is 4. The molecule has 0 aliphatic heterocycles. The molecule has 0 N–H and O–H groups in total. The van der Waals surface area contributed by atoms with E-state index in [-0.39, 0.29) is 18.0 Å². The second-order valence-electron chi connectivity index (χ2n) is 5.49. The number of hydrogen-bond acceptors (Lipinski definition) is 3. The van der Waals surface area contributed by atoms with Gasteiger partial charge in [-0.2, -0.15) is 0 Å².